The third-order valence-corrected chi connectivity index (χ3v) is 5.57. The van der Waals surface area contributed by atoms with Crippen molar-refractivity contribution in [2.24, 2.45) is 0 Å². The maximum absolute atomic E-state index is 12.7. The number of hydrogen-bond donors (Lipinski definition) is 1. The van der Waals surface area contributed by atoms with E-state index in [0.29, 0.717) is 17.1 Å². The minimum atomic E-state index is -0.481. The number of nitrogens with zero attached hydrogens (tertiary/aromatic N) is 1. The fourth-order valence-electron chi connectivity index (χ4n) is 3.39. The fourth-order valence-corrected chi connectivity index (χ4v) is 3.65. The molecule has 0 radical (unpaired) electrons. The molecular formula is C24H19BrN2O5. The minimum Gasteiger partial charge on any atom is -0.465 e. The van der Waals surface area contributed by atoms with E-state index in [-0.39, 0.29) is 12.2 Å². The Morgan fingerprint density at radius 1 is 1.12 bits per heavy atom. The van der Waals surface area contributed by atoms with E-state index in [1.165, 1.54) is 13.2 Å². The second-order valence-electron chi connectivity index (χ2n) is 7.23. The maximum atomic E-state index is 12.7. The van der Waals surface area contributed by atoms with Gasteiger partial charge in [-0.3, -0.25) is 9.69 Å². The standard InChI is InChI=1S/C24H19BrN2O5/c1-14-11-16(23(29)31-2)5-9-19(14)21-10-8-18(32-21)12-20-22(28)27(24(30)26-20)13-15-3-6-17(25)7-4-15/h3-12H,13H2,1-2H3,(H,26,30)/b20-12+. The maximum Gasteiger partial charge on any atom is 0.337 e. The summed E-state index contributed by atoms with van der Waals surface area (Å²) in [6.45, 7) is 2.04. The number of carbonyl (C=O) groups excluding carboxylic acids is 3. The molecule has 1 aromatic heterocycles. The number of urea groups is 1. The molecule has 2 aromatic carbocycles. The molecule has 1 N–H and O–H groups in total. The fraction of sp³-hybridized carbons (Fsp3) is 0.125. The van der Waals surface area contributed by atoms with Gasteiger partial charge in [-0.2, -0.15) is 0 Å². The number of hydrogen-bond acceptors (Lipinski definition) is 5. The average molecular weight is 495 g/mol. The number of nitrogens with one attached hydrogen (secondary N) is 1. The third-order valence-electron chi connectivity index (χ3n) is 5.04. The summed E-state index contributed by atoms with van der Waals surface area (Å²) in [6, 6.07) is 15.6. The van der Waals surface area contributed by atoms with Crippen molar-refractivity contribution in [3.8, 4) is 11.3 Å². The molecule has 0 saturated carbocycles. The summed E-state index contributed by atoms with van der Waals surface area (Å²) in [5, 5.41) is 2.60. The van der Waals surface area contributed by atoms with E-state index in [2.05, 4.69) is 21.2 Å². The molecule has 0 spiro atoms. The summed E-state index contributed by atoms with van der Waals surface area (Å²) < 4.78 is 11.5. The lowest BCUT2D eigenvalue weighted by molar-refractivity contribution is -0.123. The van der Waals surface area contributed by atoms with Gasteiger partial charge in [0.1, 0.15) is 17.2 Å². The number of imide groups is 1. The van der Waals surface area contributed by atoms with Crippen molar-refractivity contribution >= 4 is 39.9 Å². The molecule has 7 nitrogen and oxygen atoms in total. The van der Waals surface area contributed by atoms with Gasteiger partial charge >= 0.3 is 12.0 Å². The number of benzene rings is 2. The zero-order valence-electron chi connectivity index (χ0n) is 17.3. The van der Waals surface area contributed by atoms with Crippen LogP contribution in [0.4, 0.5) is 4.79 Å². The Balaban J connectivity index is 1.53. The van der Waals surface area contributed by atoms with E-state index in [0.717, 1.165) is 26.1 Å². The Hall–Kier alpha value is -3.65. The highest BCUT2D eigenvalue weighted by molar-refractivity contribution is 9.10. The van der Waals surface area contributed by atoms with Crippen molar-refractivity contribution in [2.45, 2.75) is 13.5 Å². The van der Waals surface area contributed by atoms with Gasteiger partial charge in [-0.1, -0.05) is 34.1 Å². The van der Waals surface area contributed by atoms with Crippen LogP contribution in [0.2, 0.25) is 0 Å². The van der Waals surface area contributed by atoms with Crippen LogP contribution >= 0.6 is 15.9 Å². The molecule has 162 valence electrons. The number of carbonyl (C=O) groups is 3. The second kappa shape index (κ2) is 8.84. The smallest absolute Gasteiger partial charge is 0.337 e. The molecule has 1 fully saturated rings. The van der Waals surface area contributed by atoms with Gasteiger partial charge in [0, 0.05) is 16.1 Å². The number of aryl methyl sites for hydroxylation is 1. The highest BCUT2D eigenvalue weighted by Crippen LogP contribution is 2.28. The summed E-state index contributed by atoms with van der Waals surface area (Å²) in [4.78, 5) is 37.9. The van der Waals surface area contributed by atoms with Crippen LogP contribution in [0.1, 0.15) is 27.2 Å². The van der Waals surface area contributed by atoms with Crippen LogP contribution in [0.25, 0.3) is 17.4 Å². The van der Waals surface area contributed by atoms with E-state index in [1.807, 2.05) is 31.2 Å². The van der Waals surface area contributed by atoms with Crippen LogP contribution in [0, 0.1) is 6.92 Å². The van der Waals surface area contributed by atoms with Crippen molar-refractivity contribution in [3.05, 3.63) is 87.2 Å². The Labute approximate surface area is 192 Å². The molecular weight excluding hydrogens is 476 g/mol. The molecule has 8 heteroatoms. The number of furan rings is 1. The van der Waals surface area contributed by atoms with Crippen LogP contribution in [0.5, 0.6) is 0 Å². The monoisotopic (exact) mass is 494 g/mol. The molecule has 2 heterocycles. The lowest BCUT2D eigenvalue weighted by Crippen LogP contribution is -2.30. The van der Waals surface area contributed by atoms with E-state index >= 15 is 0 Å². The Kier molecular flexibility index (Phi) is 5.96. The van der Waals surface area contributed by atoms with E-state index < -0.39 is 17.9 Å². The number of rotatable bonds is 5. The molecule has 0 bridgehead atoms. The number of methoxy groups -OCH3 is 1. The largest absolute Gasteiger partial charge is 0.465 e. The normalized spacial score (nSPS) is 14.7. The summed E-state index contributed by atoms with van der Waals surface area (Å²) in [5.74, 6) is 0.169. The molecule has 1 aliphatic rings. The van der Waals surface area contributed by atoms with Crippen LogP contribution < -0.4 is 5.32 Å². The molecule has 3 amide bonds. The van der Waals surface area contributed by atoms with Gasteiger partial charge in [0.2, 0.25) is 0 Å². The predicted molar refractivity (Wildman–Crippen MR) is 121 cm³/mol. The van der Waals surface area contributed by atoms with Gasteiger partial charge < -0.3 is 14.5 Å². The van der Waals surface area contributed by atoms with Crippen LogP contribution in [0.3, 0.4) is 0 Å². The first kappa shape index (κ1) is 21.6. The lowest BCUT2D eigenvalue weighted by Gasteiger charge is -2.11. The highest BCUT2D eigenvalue weighted by Gasteiger charge is 2.33. The van der Waals surface area contributed by atoms with Crippen LogP contribution in [-0.2, 0) is 16.1 Å². The molecule has 1 saturated heterocycles. The predicted octanol–water partition coefficient (Wildman–Crippen LogP) is 4.90. The van der Waals surface area contributed by atoms with Gasteiger partial charge in [-0.25, -0.2) is 9.59 Å². The van der Waals surface area contributed by atoms with E-state index in [9.17, 15) is 14.4 Å². The van der Waals surface area contributed by atoms with Gasteiger partial charge in [0.15, 0.2) is 0 Å². The van der Waals surface area contributed by atoms with E-state index in [4.69, 9.17) is 9.15 Å². The number of amides is 3. The molecule has 0 aliphatic carbocycles. The zero-order valence-corrected chi connectivity index (χ0v) is 18.9. The molecule has 1 aliphatic heterocycles. The zero-order chi connectivity index (χ0) is 22.8. The summed E-state index contributed by atoms with van der Waals surface area (Å²) in [7, 11) is 1.33. The van der Waals surface area contributed by atoms with Crippen LogP contribution in [0.15, 0.2) is 69.2 Å². The first-order valence-corrected chi connectivity index (χ1v) is 10.5. The molecule has 3 aromatic rings. The highest BCUT2D eigenvalue weighted by atomic mass is 79.9. The number of halogens is 1. The van der Waals surface area contributed by atoms with Crippen LogP contribution in [-0.4, -0.2) is 29.9 Å². The van der Waals surface area contributed by atoms with Crippen molar-refractivity contribution in [2.75, 3.05) is 7.11 Å². The summed E-state index contributed by atoms with van der Waals surface area (Å²) in [6.07, 6.45) is 1.50. The summed E-state index contributed by atoms with van der Waals surface area (Å²) >= 11 is 3.36. The van der Waals surface area contributed by atoms with E-state index in [1.54, 1.807) is 30.3 Å². The molecule has 0 atom stereocenters. The Morgan fingerprint density at radius 3 is 2.56 bits per heavy atom. The van der Waals surface area contributed by atoms with Crippen molar-refractivity contribution in [1.29, 1.82) is 0 Å². The van der Waals surface area contributed by atoms with Gasteiger partial charge in [-0.05, 0) is 54.4 Å². The lowest BCUT2D eigenvalue weighted by atomic mass is 10.0. The quantitative estimate of drug-likeness (QED) is 0.309. The minimum absolute atomic E-state index is 0.144. The van der Waals surface area contributed by atoms with Crippen molar-refractivity contribution < 1.29 is 23.5 Å². The molecule has 32 heavy (non-hydrogen) atoms. The topological polar surface area (TPSA) is 88.9 Å². The van der Waals surface area contributed by atoms with Crippen molar-refractivity contribution in [3.63, 3.8) is 0 Å². The van der Waals surface area contributed by atoms with Gasteiger partial charge in [0.25, 0.3) is 5.91 Å². The van der Waals surface area contributed by atoms with Gasteiger partial charge in [-0.15, -0.1) is 0 Å². The molecule has 0 unspecified atom stereocenters. The third kappa shape index (κ3) is 4.36. The SMILES string of the molecule is COC(=O)c1ccc(-c2ccc(/C=C3/NC(=O)N(Cc4ccc(Br)cc4)C3=O)o2)c(C)c1. The Morgan fingerprint density at radius 2 is 1.88 bits per heavy atom. The summed E-state index contributed by atoms with van der Waals surface area (Å²) in [5.41, 5.74) is 3.08. The number of esters is 1. The first-order chi connectivity index (χ1) is 15.4. The Bertz CT molecular complexity index is 1240. The molecule has 4 rings (SSSR count). The first-order valence-electron chi connectivity index (χ1n) is 9.74. The van der Waals surface area contributed by atoms with Gasteiger partial charge in [0.05, 0.1) is 19.2 Å². The second-order valence-corrected chi connectivity index (χ2v) is 8.14. The van der Waals surface area contributed by atoms with Crippen molar-refractivity contribution in [1.82, 2.24) is 10.2 Å². The average Bonchev–Trinajstić information content (AvgIpc) is 3.34. The number of ether oxygens (including phenoxy) is 1.